The molecule has 48 valence electrons. The summed E-state index contributed by atoms with van der Waals surface area (Å²) in [5.41, 5.74) is 0. The summed E-state index contributed by atoms with van der Waals surface area (Å²) >= 11 is 1.47. The Morgan fingerprint density at radius 2 is 1.78 bits per heavy atom. The molecule has 0 saturated heterocycles. The van der Waals surface area contributed by atoms with Crippen molar-refractivity contribution in [2.24, 2.45) is 5.92 Å². The van der Waals surface area contributed by atoms with Crippen molar-refractivity contribution < 1.29 is 19.4 Å². The second kappa shape index (κ2) is 6.60. The van der Waals surface area contributed by atoms with Gasteiger partial charge in [0.05, 0.1) is 0 Å². The molecule has 0 aromatic heterocycles. The van der Waals surface area contributed by atoms with Gasteiger partial charge in [-0.2, -0.15) is 0 Å². The van der Waals surface area contributed by atoms with E-state index in [9.17, 15) is 0 Å². The van der Waals surface area contributed by atoms with Crippen LogP contribution in [0.3, 0.4) is 0 Å². The monoisotopic (exact) mass is 176 g/mol. The summed E-state index contributed by atoms with van der Waals surface area (Å²) < 4.78 is 0. The van der Waals surface area contributed by atoms with Gasteiger partial charge in [-0.1, -0.05) is 31.2 Å². The van der Waals surface area contributed by atoms with E-state index in [4.69, 9.17) is 0 Å². The van der Waals surface area contributed by atoms with Gasteiger partial charge in [0, 0.05) is 0 Å². The van der Waals surface area contributed by atoms with Gasteiger partial charge in [-0.25, -0.2) is 0 Å². The Kier molecular flexibility index (Phi) is 6.96. The molecule has 0 atom stereocenters. The zero-order valence-electron chi connectivity index (χ0n) is 5.18. The molecule has 0 aliphatic heterocycles. The molecule has 0 amide bonds. The third-order valence-electron chi connectivity index (χ3n) is 1.16. The fourth-order valence-electron chi connectivity index (χ4n) is 0.670. The van der Waals surface area contributed by atoms with Crippen molar-refractivity contribution in [3.8, 4) is 0 Å². The summed E-state index contributed by atoms with van der Waals surface area (Å²) in [6, 6.07) is 0. The molecule has 1 aliphatic carbocycles. The van der Waals surface area contributed by atoms with Gasteiger partial charge in [-0.15, -0.1) is 0 Å². The Hall–Kier alpha value is 0.484. The molecule has 9 heavy (non-hydrogen) atoms. The van der Waals surface area contributed by atoms with Gasteiger partial charge in [-0.05, 0) is 12.3 Å². The predicted octanol–water partition coefficient (Wildman–Crippen LogP) is 2.64. The van der Waals surface area contributed by atoms with E-state index < -0.39 is 0 Å². The summed E-state index contributed by atoms with van der Waals surface area (Å²) in [5, 5.41) is 0. The third kappa shape index (κ3) is 3.97. The van der Waals surface area contributed by atoms with Gasteiger partial charge in [0.2, 0.25) is 0 Å². The topological polar surface area (TPSA) is 0 Å². The van der Waals surface area contributed by atoms with Gasteiger partial charge in [-0.3, -0.25) is 0 Å². The maximum absolute atomic E-state index is 4.64. The second-order valence-electron chi connectivity index (χ2n) is 1.72. The summed E-state index contributed by atoms with van der Waals surface area (Å²) in [6.07, 6.45) is 9.44. The van der Waals surface area contributed by atoms with Gasteiger partial charge < -0.3 is 0 Å². The van der Waals surface area contributed by atoms with E-state index in [1.165, 1.54) is 19.4 Å². The third-order valence-corrected chi connectivity index (χ3v) is 1.16. The van der Waals surface area contributed by atoms with E-state index in [0.717, 1.165) is 6.42 Å². The molecule has 0 bridgehead atoms. The molecule has 0 fully saturated rings. The molecule has 0 nitrogen and oxygen atoms in total. The standard InChI is InChI=1S/C7H9.ClH.Ti/c1-2-7-5-3-4-6-7;;/h3-7H,1-2H2;1H;/q;;+1/p-1. The van der Waals surface area contributed by atoms with E-state index in [-0.39, 0.29) is 0 Å². The Labute approximate surface area is 72.3 Å². The number of halogens is 1. The minimum absolute atomic E-state index is 0.625. The Bertz CT molecular complexity index is 95.5. The first-order valence-corrected chi connectivity index (χ1v) is 4.91. The number of hydrogen-bond donors (Lipinski definition) is 0. The van der Waals surface area contributed by atoms with Crippen LogP contribution in [0.5, 0.6) is 0 Å². The quantitative estimate of drug-likeness (QED) is 0.539. The van der Waals surface area contributed by atoms with E-state index >= 15 is 0 Å². The van der Waals surface area contributed by atoms with Crippen LogP contribution in [0.2, 0.25) is 0 Å². The Balaban J connectivity index is 0.000000291. The van der Waals surface area contributed by atoms with Gasteiger partial charge in [0.25, 0.3) is 0 Å². The fraction of sp³-hybridized carbons (Fsp3) is 0.286. The first-order valence-electron chi connectivity index (χ1n) is 2.76. The molecule has 1 aliphatic rings. The molecule has 1 rings (SSSR count). The Morgan fingerprint density at radius 1 is 1.33 bits per heavy atom. The molecule has 0 unspecified atom stereocenters. The van der Waals surface area contributed by atoms with Crippen molar-refractivity contribution in [3.05, 3.63) is 31.2 Å². The van der Waals surface area contributed by atoms with Crippen LogP contribution >= 0.6 is 9.30 Å². The van der Waals surface area contributed by atoms with Crippen molar-refractivity contribution in [3.63, 3.8) is 0 Å². The van der Waals surface area contributed by atoms with Crippen LogP contribution < -0.4 is 0 Å². The van der Waals surface area contributed by atoms with E-state index in [2.05, 4.69) is 40.5 Å². The molecular weight excluding hydrogens is 167 g/mol. The molecule has 2 heteroatoms. The van der Waals surface area contributed by atoms with E-state index in [1.807, 2.05) is 0 Å². The van der Waals surface area contributed by atoms with Crippen LogP contribution in [0.25, 0.3) is 0 Å². The number of rotatable bonds is 1. The van der Waals surface area contributed by atoms with Crippen molar-refractivity contribution in [1.82, 2.24) is 0 Å². The molecule has 0 N–H and O–H groups in total. The summed E-state index contributed by atoms with van der Waals surface area (Å²) in [6.45, 7) is 3.77. The van der Waals surface area contributed by atoms with Crippen LogP contribution in [-0.4, -0.2) is 0 Å². The van der Waals surface area contributed by atoms with Gasteiger partial charge in [0.1, 0.15) is 0 Å². The van der Waals surface area contributed by atoms with Crippen LogP contribution in [0, 0.1) is 12.8 Å². The first kappa shape index (κ1) is 9.48. The summed E-state index contributed by atoms with van der Waals surface area (Å²) in [5.74, 6) is 0.625. The normalized spacial score (nSPS) is 15.2. The van der Waals surface area contributed by atoms with Crippen molar-refractivity contribution in [2.75, 3.05) is 0 Å². The molecular formula is C7H9ClTi. The van der Waals surface area contributed by atoms with Crippen LogP contribution in [0.15, 0.2) is 24.3 Å². The van der Waals surface area contributed by atoms with Crippen molar-refractivity contribution >= 4 is 9.30 Å². The van der Waals surface area contributed by atoms with Crippen LogP contribution in [0.1, 0.15) is 6.42 Å². The number of allylic oxidation sites excluding steroid dienone is 4. The SMILES string of the molecule is [CH2]CC1C=CC=C1.[Cl][Ti]. The fourth-order valence-corrected chi connectivity index (χ4v) is 0.670. The summed E-state index contributed by atoms with van der Waals surface area (Å²) in [7, 11) is 4.64. The second-order valence-corrected chi connectivity index (χ2v) is 1.72. The summed E-state index contributed by atoms with van der Waals surface area (Å²) in [4.78, 5) is 0. The molecule has 1 radical (unpaired) electrons. The van der Waals surface area contributed by atoms with E-state index in [1.54, 1.807) is 0 Å². The molecule has 0 spiro atoms. The zero-order chi connectivity index (χ0) is 7.11. The zero-order valence-corrected chi connectivity index (χ0v) is 7.50. The predicted molar refractivity (Wildman–Crippen MR) is 37.6 cm³/mol. The van der Waals surface area contributed by atoms with Gasteiger partial charge in [0.15, 0.2) is 0 Å². The van der Waals surface area contributed by atoms with Crippen LogP contribution in [-0.2, 0) is 19.4 Å². The van der Waals surface area contributed by atoms with Crippen molar-refractivity contribution in [2.45, 2.75) is 6.42 Å². The average Bonchev–Trinajstić information content (AvgIpc) is 2.43. The molecule has 0 heterocycles. The first-order chi connectivity index (χ1) is 4.43. The molecule has 0 saturated carbocycles. The average molecular weight is 176 g/mol. The molecule has 0 aromatic rings. The Morgan fingerprint density at radius 3 is 2.00 bits per heavy atom. The number of hydrogen-bond acceptors (Lipinski definition) is 0. The molecule has 0 aromatic carbocycles. The van der Waals surface area contributed by atoms with E-state index in [0.29, 0.717) is 5.92 Å². The van der Waals surface area contributed by atoms with Crippen molar-refractivity contribution in [1.29, 1.82) is 0 Å². The van der Waals surface area contributed by atoms with Gasteiger partial charge >= 0.3 is 28.7 Å². The maximum atomic E-state index is 4.64. The minimum atomic E-state index is 0.625. The van der Waals surface area contributed by atoms with Crippen LogP contribution in [0.4, 0.5) is 0 Å².